The van der Waals surface area contributed by atoms with E-state index in [-0.39, 0.29) is 12.1 Å². The first kappa shape index (κ1) is 14.4. The van der Waals surface area contributed by atoms with Crippen LogP contribution < -0.4 is 5.32 Å². The Hall–Kier alpha value is -2.04. The van der Waals surface area contributed by atoms with Crippen molar-refractivity contribution < 1.29 is 14.7 Å². The largest absolute Gasteiger partial charge is 0.480 e. The Morgan fingerprint density at radius 3 is 2.75 bits per heavy atom. The predicted molar refractivity (Wildman–Crippen MR) is 75.5 cm³/mol. The zero-order chi connectivity index (χ0) is 14.7. The van der Waals surface area contributed by atoms with Gasteiger partial charge in [0.25, 0.3) is 0 Å². The van der Waals surface area contributed by atoms with Crippen molar-refractivity contribution in [1.82, 2.24) is 10.2 Å². The van der Waals surface area contributed by atoms with Crippen molar-refractivity contribution in [3.8, 4) is 0 Å². The van der Waals surface area contributed by atoms with Crippen molar-refractivity contribution in [3.05, 3.63) is 35.4 Å². The van der Waals surface area contributed by atoms with Gasteiger partial charge in [-0.2, -0.15) is 0 Å². The molecule has 0 bridgehead atoms. The van der Waals surface area contributed by atoms with Gasteiger partial charge in [0.1, 0.15) is 6.04 Å². The van der Waals surface area contributed by atoms with Crippen LogP contribution >= 0.6 is 0 Å². The lowest BCUT2D eigenvalue weighted by Gasteiger charge is -2.25. The van der Waals surface area contributed by atoms with Crippen molar-refractivity contribution in [3.63, 3.8) is 0 Å². The molecule has 1 aromatic rings. The molecular formula is C15H20N2O3. The number of hydrogen-bond donors (Lipinski definition) is 2. The van der Waals surface area contributed by atoms with Crippen LogP contribution in [-0.4, -0.2) is 34.6 Å². The summed E-state index contributed by atoms with van der Waals surface area (Å²) in [4.78, 5) is 24.7. The Morgan fingerprint density at radius 2 is 2.10 bits per heavy atom. The van der Waals surface area contributed by atoms with Gasteiger partial charge >= 0.3 is 12.0 Å². The Kier molecular flexibility index (Phi) is 4.27. The lowest BCUT2D eigenvalue weighted by molar-refractivity contribution is -0.141. The molecule has 20 heavy (non-hydrogen) atoms. The maximum Gasteiger partial charge on any atom is 0.326 e. The molecule has 0 radical (unpaired) electrons. The molecule has 5 heteroatoms. The smallest absolute Gasteiger partial charge is 0.326 e. The van der Waals surface area contributed by atoms with E-state index >= 15 is 0 Å². The van der Waals surface area contributed by atoms with Crippen LogP contribution in [0.2, 0.25) is 0 Å². The predicted octanol–water partition coefficient (Wildman–Crippen LogP) is 2.31. The van der Waals surface area contributed by atoms with Gasteiger partial charge in [0.05, 0.1) is 6.04 Å². The molecule has 1 aliphatic rings. The number of nitrogens with one attached hydrogen (secondary N) is 1. The quantitative estimate of drug-likeness (QED) is 0.890. The second kappa shape index (κ2) is 5.94. The minimum absolute atomic E-state index is 0.140. The van der Waals surface area contributed by atoms with E-state index in [1.807, 2.05) is 38.1 Å². The Balaban J connectivity index is 2.04. The third-order valence-corrected chi connectivity index (χ3v) is 3.79. The molecule has 2 atom stereocenters. The zero-order valence-corrected chi connectivity index (χ0v) is 11.8. The lowest BCUT2D eigenvalue weighted by Crippen LogP contribution is -2.46. The fourth-order valence-electron chi connectivity index (χ4n) is 2.69. The third-order valence-electron chi connectivity index (χ3n) is 3.79. The molecule has 1 heterocycles. The van der Waals surface area contributed by atoms with E-state index in [1.165, 1.54) is 4.90 Å². The van der Waals surface area contributed by atoms with E-state index in [0.717, 1.165) is 17.5 Å². The number of carboxylic acid groups (broad SMARTS) is 1. The summed E-state index contributed by atoms with van der Waals surface area (Å²) in [5, 5.41) is 12.0. The van der Waals surface area contributed by atoms with E-state index in [4.69, 9.17) is 5.11 Å². The second-order valence-electron chi connectivity index (χ2n) is 5.22. The number of carboxylic acids is 1. The fraction of sp³-hybridized carbons (Fsp3) is 0.467. The van der Waals surface area contributed by atoms with Gasteiger partial charge in [0.15, 0.2) is 0 Å². The van der Waals surface area contributed by atoms with Crippen molar-refractivity contribution in [2.45, 2.75) is 38.8 Å². The normalized spacial score (nSPS) is 19.7. The summed E-state index contributed by atoms with van der Waals surface area (Å²) in [6.07, 6.45) is 1.27. The van der Waals surface area contributed by atoms with Crippen LogP contribution in [0.5, 0.6) is 0 Å². The Bertz CT molecular complexity index is 516. The summed E-state index contributed by atoms with van der Waals surface area (Å²) in [6, 6.07) is 6.71. The minimum Gasteiger partial charge on any atom is -0.480 e. The molecule has 1 aliphatic heterocycles. The molecule has 1 unspecified atom stereocenters. The highest BCUT2D eigenvalue weighted by Crippen LogP contribution is 2.20. The monoisotopic (exact) mass is 276 g/mol. The summed E-state index contributed by atoms with van der Waals surface area (Å²) in [7, 11) is 0. The van der Waals surface area contributed by atoms with Crippen LogP contribution in [0.4, 0.5) is 4.79 Å². The minimum atomic E-state index is -0.929. The topological polar surface area (TPSA) is 69.6 Å². The molecule has 108 valence electrons. The highest BCUT2D eigenvalue weighted by molar-refractivity contribution is 5.83. The summed E-state index contributed by atoms with van der Waals surface area (Å²) in [6.45, 7) is 4.41. The molecule has 0 aromatic heterocycles. The van der Waals surface area contributed by atoms with Crippen LogP contribution in [-0.2, 0) is 4.79 Å². The maximum atomic E-state index is 12.2. The summed E-state index contributed by atoms with van der Waals surface area (Å²) < 4.78 is 0. The van der Waals surface area contributed by atoms with E-state index in [2.05, 4.69) is 5.32 Å². The van der Waals surface area contributed by atoms with E-state index in [1.54, 1.807) is 0 Å². The maximum absolute atomic E-state index is 12.2. The number of likely N-dealkylation sites (tertiary alicyclic amines) is 1. The van der Waals surface area contributed by atoms with Gasteiger partial charge in [0, 0.05) is 6.54 Å². The number of hydrogen-bond acceptors (Lipinski definition) is 2. The zero-order valence-electron chi connectivity index (χ0n) is 11.8. The standard InChI is InChI=1S/C15H20N2O3/c1-10-6-3-4-7-12(10)11(2)16-15(20)17-9-5-8-13(17)14(18)19/h3-4,6-7,11,13H,5,8-9H2,1-2H3,(H,16,20)(H,18,19)/t11?,13-/m1/s1. The molecule has 5 nitrogen and oxygen atoms in total. The first-order chi connectivity index (χ1) is 9.50. The van der Waals surface area contributed by atoms with E-state index < -0.39 is 12.0 Å². The highest BCUT2D eigenvalue weighted by atomic mass is 16.4. The summed E-state index contributed by atoms with van der Waals surface area (Å²) >= 11 is 0. The van der Waals surface area contributed by atoms with Crippen molar-refractivity contribution >= 4 is 12.0 Å². The highest BCUT2D eigenvalue weighted by Gasteiger charge is 2.34. The number of carbonyl (C=O) groups is 2. The molecule has 1 fully saturated rings. The number of rotatable bonds is 3. The van der Waals surface area contributed by atoms with Gasteiger partial charge < -0.3 is 15.3 Å². The molecule has 2 amide bonds. The number of urea groups is 1. The van der Waals surface area contributed by atoms with Crippen LogP contribution in [0.3, 0.4) is 0 Å². The molecular weight excluding hydrogens is 256 g/mol. The van der Waals surface area contributed by atoms with Gasteiger partial charge in [0.2, 0.25) is 0 Å². The third kappa shape index (κ3) is 2.92. The van der Waals surface area contributed by atoms with Gasteiger partial charge in [-0.3, -0.25) is 0 Å². The number of carbonyl (C=O) groups excluding carboxylic acids is 1. The SMILES string of the molecule is Cc1ccccc1C(C)NC(=O)N1CCC[C@@H]1C(=O)O. The van der Waals surface area contributed by atoms with Crippen molar-refractivity contribution in [2.75, 3.05) is 6.54 Å². The van der Waals surface area contributed by atoms with Crippen LogP contribution in [0, 0.1) is 6.92 Å². The lowest BCUT2D eigenvalue weighted by atomic mass is 10.0. The Morgan fingerprint density at radius 1 is 1.40 bits per heavy atom. The molecule has 0 aliphatic carbocycles. The van der Waals surface area contributed by atoms with Crippen molar-refractivity contribution in [2.24, 2.45) is 0 Å². The summed E-state index contributed by atoms with van der Waals surface area (Å²) in [5.74, 6) is -0.929. The van der Waals surface area contributed by atoms with Gasteiger partial charge in [-0.05, 0) is 37.8 Å². The molecule has 1 saturated heterocycles. The van der Waals surface area contributed by atoms with Crippen molar-refractivity contribution in [1.29, 1.82) is 0 Å². The van der Waals surface area contributed by atoms with Crippen LogP contribution in [0.25, 0.3) is 0 Å². The number of amides is 2. The van der Waals surface area contributed by atoms with Crippen LogP contribution in [0.15, 0.2) is 24.3 Å². The first-order valence-electron chi connectivity index (χ1n) is 6.86. The van der Waals surface area contributed by atoms with Crippen LogP contribution in [0.1, 0.15) is 36.9 Å². The van der Waals surface area contributed by atoms with E-state index in [0.29, 0.717) is 13.0 Å². The van der Waals surface area contributed by atoms with Gasteiger partial charge in [-0.1, -0.05) is 24.3 Å². The first-order valence-corrected chi connectivity index (χ1v) is 6.86. The fourth-order valence-corrected chi connectivity index (χ4v) is 2.69. The van der Waals surface area contributed by atoms with Gasteiger partial charge in [-0.15, -0.1) is 0 Å². The molecule has 2 N–H and O–H groups in total. The second-order valence-corrected chi connectivity index (χ2v) is 5.22. The average Bonchev–Trinajstić information content (AvgIpc) is 2.88. The molecule has 0 spiro atoms. The molecule has 0 saturated carbocycles. The number of aryl methyl sites for hydroxylation is 1. The summed E-state index contributed by atoms with van der Waals surface area (Å²) in [5.41, 5.74) is 2.16. The van der Waals surface area contributed by atoms with Gasteiger partial charge in [-0.25, -0.2) is 9.59 Å². The number of benzene rings is 1. The Labute approximate surface area is 118 Å². The number of aliphatic carboxylic acids is 1. The average molecular weight is 276 g/mol. The number of nitrogens with zero attached hydrogens (tertiary/aromatic N) is 1. The molecule has 2 rings (SSSR count). The van der Waals surface area contributed by atoms with E-state index in [9.17, 15) is 9.59 Å². The molecule has 1 aromatic carbocycles.